The second kappa shape index (κ2) is 5.26. The largest absolute Gasteiger partial charge is 0.496 e. The van der Waals surface area contributed by atoms with E-state index in [4.69, 9.17) is 4.74 Å². The van der Waals surface area contributed by atoms with Gasteiger partial charge in [0.2, 0.25) is 0 Å². The van der Waals surface area contributed by atoms with Crippen LogP contribution in [0.25, 0.3) is 11.3 Å². The van der Waals surface area contributed by atoms with E-state index in [1.54, 1.807) is 7.11 Å². The SMILES string of the molecule is COc1ccccc1-c1ccc(N2CCCC2)nn1. The number of rotatable bonds is 3. The van der Waals surface area contributed by atoms with Crippen molar-refractivity contribution in [3.63, 3.8) is 0 Å². The molecule has 2 aromatic rings. The lowest BCUT2D eigenvalue weighted by atomic mass is 10.1. The lowest BCUT2D eigenvalue weighted by Gasteiger charge is -2.15. The topological polar surface area (TPSA) is 38.2 Å². The van der Waals surface area contributed by atoms with Crippen LogP contribution in [0.3, 0.4) is 0 Å². The van der Waals surface area contributed by atoms with Crippen LogP contribution in [-0.4, -0.2) is 30.4 Å². The average molecular weight is 255 g/mol. The standard InChI is InChI=1S/C15H17N3O/c1-19-14-7-3-2-6-12(14)13-8-9-15(17-16-13)18-10-4-5-11-18/h2-3,6-9H,4-5,10-11H2,1H3. The van der Waals surface area contributed by atoms with Crippen LogP contribution in [0.2, 0.25) is 0 Å². The van der Waals surface area contributed by atoms with E-state index in [1.807, 2.05) is 36.4 Å². The van der Waals surface area contributed by atoms with E-state index in [1.165, 1.54) is 12.8 Å². The van der Waals surface area contributed by atoms with Crippen molar-refractivity contribution in [2.24, 2.45) is 0 Å². The smallest absolute Gasteiger partial charge is 0.151 e. The lowest BCUT2D eigenvalue weighted by Crippen LogP contribution is -2.19. The predicted molar refractivity (Wildman–Crippen MR) is 75.5 cm³/mol. The van der Waals surface area contributed by atoms with Crippen molar-refractivity contribution in [1.29, 1.82) is 0 Å². The maximum Gasteiger partial charge on any atom is 0.151 e. The normalized spacial score (nSPS) is 14.7. The molecule has 19 heavy (non-hydrogen) atoms. The van der Waals surface area contributed by atoms with Crippen LogP contribution in [0, 0.1) is 0 Å². The Balaban J connectivity index is 1.89. The van der Waals surface area contributed by atoms with Crippen LogP contribution in [0.1, 0.15) is 12.8 Å². The fourth-order valence-corrected chi connectivity index (χ4v) is 2.44. The Kier molecular flexibility index (Phi) is 3.31. The van der Waals surface area contributed by atoms with Gasteiger partial charge in [-0.3, -0.25) is 0 Å². The summed E-state index contributed by atoms with van der Waals surface area (Å²) in [6.45, 7) is 2.17. The molecule has 4 nitrogen and oxygen atoms in total. The summed E-state index contributed by atoms with van der Waals surface area (Å²) in [6, 6.07) is 11.9. The first-order valence-corrected chi connectivity index (χ1v) is 6.60. The molecule has 1 saturated heterocycles. The number of benzene rings is 1. The van der Waals surface area contributed by atoms with Gasteiger partial charge in [-0.05, 0) is 37.1 Å². The predicted octanol–water partition coefficient (Wildman–Crippen LogP) is 2.75. The third kappa shape index (κ3) is 2.38. The summed E-state index contributed by atoms with van der Waals surface area (Å²) >= 11 is 0. The van der Waals surface area contributed by atoms with Crippen LogP contribution in [0.15, 0.2) is 36.4 Å². The molecule has 1 fully saturated rings. The van der Waals surface area contributed by atoms with Gasteiger partial charge in [-0.15, -0.1) is 10.2 Å². The lowest BCUT2D eigenvalue weighted by molar-refractivity contribution is 0.416. The summed E-state index contributed by atoms with van der Waals surface area (Å²) in [4.78, 5) is 2.28. The highest BCUT2D eigenvalue weighted by Crippen LogP contribution is 2.28. The van der Waals surface area contributed by atoms with E-state index in [-0.39, 0.29) is 0 Å². The highest BCUT2D eigenvalue weighted by atomic mass is 16.5. The van der Waals surface area contributed by atoms with Crippen LogP contribution < -0.4 is 9.64 Å². The van der Waals surface area contributed by atoms with Crippen molar-refractivity contribution in [3.05, 3.63) is 36.4 Å². The first-order chi connectivity index (χ1) is 9.38. The van der Waals surface area contributed by atoms with Gasteiger partial charge in [0.25, 0.3) is 0 Å². The molecule has 3 rings (SSSR count). The third-order valence-corrected chi connectivity index (χ3v) is 3.46. The van der Waals surface area contributed by atoms with Crippen LogP contribution in [0.5, 0.6) is 5.75 Å². The molecule has 1 aromatic carbocycles. The molecular formula is C15H17N3O. The minimum absolute atomic E-state index is 0.825. The van der Waals surface area contributed by atoms with Crippen molar-refractivity contribution in [2.75, 3.05) is 25.1 Å². The van der Waals surface area contributed by atoms with Crippen LogP contribution >= 0.6 is 0 Å². The number of para-hydroxylation sites is 1. The Morgan fingerprint density at radius 3 is 2.47 bits per heavy atom. The van der Waals surface area contributed by atoms with Gasteiger partial charge in [0.15, 0.2) is 5.82 Å². The second-order valence-corrected chi connectivity index (χ2v) is 4.67. The Bertz CT molecular complexity index is 548. The van der Waals surface area contributed by atoms with Crippen LogP contribution in [-0.2, 0) is 0 Å². The minimum Gasteiger partial charge on any atom is -0.496 e. The van der Waals surface area contributed by atoms with E-state index in [0.29, 0.717) is 0 Å². The molecule has 0 N–H and O–H groups in total. The van der Waals surface area contributed by atoms with Gasteiger partial charge < -0.3 is 9.64 Å². The minimum atomic E-state index is 0.825. The Morgan fingerprint density at radius 2 is 1.79 bits per heavy atom. The fraction of sp³-hybridized carbons (Fsp3) is 0.333. The monoisotopic (exact) mass is 255 g/mol. The Hall–Kier alpha value is -2.10. The van der Waals surface area contributed by atoms with Crippen molar-refractivity contribution >= 4 is 5.82 Å². The summed E-state index contributed by atoms with van der Waals surface area (Å²) in [7, 11) is 1.67. The zero-order valence-corrected chi connectivity index (χ0v) is 11.0. The molecule has 0 atom stereocenters. The summed E-state index contributed by atoms with van der Waals surface area (Å²) < 4.78 is 5.35. The zero-order chi connectivity index (χ0) is 13.1. The second-order valence-electron chi connectivity index (χ2n) is 4.67. The molecule has 4 heteroatoms. The van der Waals surface area contributed by atoms with Crippen molar-refractivity contribution < 1.29 is 4.74 Å². The van der Waals surface area contributed by atoms with Gasteiger partial charge in [-0.2, -0.15) is 0 Å². The van der Waals surface area contributed by atoms with E-state index in [9.17, 15) is 0 Å². The number of hydrogen-bond acceptors (Lipinski definition) is 4. The molecule has 98 valence electrons. The average Bonchev–Trinajstić information content (AvgIpc) is 3.02. The number of anilines is 1. The van der Waals surface area contributed by atoms with E-state index in [2.05, 4.69) is 15.1 Å². The van der Waals surface area contributed by atoms with Gasteiger partial charge in [0, 0.05) is 18.7 Å². The van der Waals surface area contributed by atoms with E-state index >= 15 is 0 Å². The number of aromatic nitrogens is 2. The number of hydrogen-bond donors (Lipinski definition) is 0. The van der Waals surface area contributed by atoms with Gasteiger partial charge in [0.05, 0.1) is 12.8 Å². The highest BCUT2D eigenvalue weighted by Gasteiger charge is 2.14. The number of nitrogens with zero attached hydrogens (tertiary/aromatic N) is 3. The van der Waals surface area contributed by atoms with Gasteiger partial charge in [-0.25, -0.2) is 0 Å². The van der Waals surface area contributed by atoms with Crippen molar-refractivity contribution in [1.82, 2.24) is 10.2 Å². The molecular weight excluding hydrogens is 238 g/mol. The third-order valence-electron chi connectivity index (χ3n) is 3.46. The summed E-state index contributed by atoms with van der Waals surface area (Å²) in [6.07, 6.45) is 2.49. The first kappa shape index (κ1) is 12.0. The molecule has 0 saturated carbocycles. The summed E-state index contributed by atoms with van der Waals surface area (Å²) in [5.41, 5.74) is 1.82. The Morgan fingerprint density at radius 1 is 1.00 bits per heavy atom. The van der Waals surface area contributed by atoms with Crippen molar-refractivity contribution in [2.45, 2.75) is 12.8 Å². The summed E-state index contributed by atoms with van der Waals surface area (Å²) in [5, 5.41) is 8.66. The number of ether oxygens (including phenoxy) is 1. The van der Waals surface area contributed by atoms with Gasteiger partial charge in [-0.1, -0.05) is 12.1 Å². The van der Waals surface area contributed by atoms with E-state index in [0.717, 1.165) is 35.9 Å². The first-order valence-electron chi connectivity index (χ1n) is 6.60. The highest BCUT2D eigenvalue weighted by molar-refractivity contribution is 5.67. The fourth-order valence-electron chi connectivity index (χ4n) is 2.44. The van der Waals surface area contributed by atoms with Gasteiger partial charge in [0.1, 0.15) is 5.75 Å². The molecule has 0 bridgehead atoms. The van der Waals surface area contributed by atoms with E-state index < -0.39 is 0 Å². The maximum absolute atomic E-state index is 5.35. The van der Waals surface area contributed by atoms with Crippen molar-refractivity contribution in [3.8, 4) is 17.0 Å². The molecule has 1 aliphatic rings. The number of methoxy groups -OCH3 is 1. The summed E-state index contributed by atoms with van der Waals surface area (Å²) in [5.74, 6) is 1.79. The molecule has 1 aliphatic heterocycles. The molecule has 0 amide bonds. The molecule has 1 aromatic heterocycles. The molecule has 0 aliphatic carbocycles. The maximum atomic E-state index is 5.35. The molecule has 0 unspecified atom stereocenters. The Labute approximate surface area is 113 Å². The molecule has 2 heterocycles. The molecule has 0 radical (unpaired) electrons. The quantitative estimate of drug-likeness (QED) is 0.845. The zero-order valence-electron chi connectivity index (χ0n) is 11.0. The van der Waals surface area contributed by atoms with Gasteiger partial charge >= 0.3 is 0 Å². The molecule has 0 spiro atoms. The van der Waals surface area contributed by atoms with Crippen LogP contribution in [0.4, 0.5) is 5.82 Å².